The van der Waals surface area contributed by atoms with Crippen molar-refractivity contribution in [1.29, 1.82) is 0 Å². The van der Waals surface area contributed by atoms with Crippen molar-refractivity contribution in [2.75, 3.05) is 0 Å². The van der Waals surface area contributed by atoms with Crippen LogP contribution in [-0.2, 0) is 33.3 Å². The molecule has 0 radical (unpaired) electrons. The first kappa shape index (κ1) is 29.4. The topological polar surface area (TPSA) is 88.1 Å². The van der Waals surface area contributed by atoms with Gasteiger partial charge in [-0.3, -0.25) is 14.4 Å². The van der Waals surface area contributed by atoms with E-state index < -0.39 is 41.2 Å². The van der Waals surface area contributed by atoms with E-state index >= 15 is 0 Å². The Morgan fingerprint density at radius 1 is 1.03 bits per heavy atom. The van der Waals surface area contributed by atoms with E-state index in [4.69, 9.17) is 14.2 Å². The van der Waals surface area contributed by atoms with Gasteiger partial charge in [0, 0.05) is 6.42 Å². The van der Waals surface area contributed by atoms with Crippen molar-refractivity contribution >= 4 is 17.9 Å². The number of carbonyl (C=O) groups is 3. The standard InChI is InChI=1S/C14H20O4.C11H19F3O3/c1-4-13(2,3)12(16)18-14-7-8-5-9(10(14)6-8)11(15)17-14;1-6-10(4,5)9(15)17-8(3)16-7(2)11(12,13)14/h8-10H,4-7H2,1-3H3;7-8H,6H2,1-5H3. The van der Waals surface area contributed by atoms with E-state index in [1.165, 1.54) is 6.92 Å². The normalized spacial score (nSPS) is 29.1. The molecule has 1 aliphatic heterocycles. The molecule has 0 aromatic carbocycles. The summed E-state index contributed by atoms with van der Waals surface area (Å²) in [5, 5.41) is 0. The van der Waals surface area contributed by atoms with Crippen LogP contribution in [0.1, 0.15) is 87.5 Å². The summed E-state index contributed by atoms with van der Waals surface area (Å²) in [6, 6.07) is 0. The summed E-state index contributed by atoms with van der Waals surface area (Å²) in [7, 11) is 0. The minimum absolute atomic E-state index is 0.0266. The molecular formula is C25H39F3O7. The van der Waals surface area contributed by atoms with Crippen LogP contribution in [0.2, 0.25) is 0 Å². The number of carbonyl (C=O) groups excluding carboxylic acids is 3. The first-order chi connectivity index (χ1) is 15.9. The third-order valence-electron chi connectivity index (χ3n) is 7.64. The smallest absolute Gasteiger partial charge is 0.414 e. The summed E-state index contributed by atoms with van der Waals surface area (Å²) < 4.78 is 57.0. The lowest BCUT2D eigenvalue weighted by Gasteiger charge is -2.33. The molecule has 10 heteroatoms. The quantitative estimate of drug-likeness (QED) is 0.314. The van der Waals surface area contributed by atoms with Gasteiger partial charge >= 0.3 is 24.1 Å². The van der Waals surface area contributed by atoms with Crippen molar-refractivity contribution in [3.05, 3.63) is 0 Å². The molecule has 35 heavy (non-hydrogen) atoms. The first-order valence-electron chi connectivity index (χ1n) is 12.3. The zero-order valence-corrected chi connectivity index (χ0v) is 21.9. The van der Waals surface area contributed by atoms with Crippen LogP contribution in [0, 0.1) is 28.6 Å². The Morgan fingerprint density at radius 2 is 1.57 bits per heavy atom. The van der Waals surface area contributed by atoms with Gasteiger partial charge in [0.2, 0.25) is 6.29 Å². The number of halogens is 3. The fourth-order valence-corrected chi connectivity index (χ4v) is 4.40. The van der Waals surface area contributed by atoms with E-state index in [1.807, 2.05) is 20.8 Å². The number of ether oxygens (including phenoxy) is 4. The Labute approximate surface area is 205 Å². The van der Waals surface area contributed by atoms with Crippen LogP contribution in [0.15, 0.2) is 0 Å². The fourth-order valence-electron chi connectivity index (χ4n) is 4.40. The molecule has 3 aliphatic rings. The first-order valence-corrected chi connectivity index (χ1v) is 12.3. The van der Waals surface area contributed by atoms with Gasteiger partial charge in [-0.25, -0.2) is 0 Å². The molecule has 3 fully saturated rings. The average Bonchev–Trinajstić information content (AvgIpc) is 3.34. The number of hydrogen-bond donors (Lipinski definition) is 0. The molecule has 202 valence electrons. The van der Waals surface area contributed by atoms with E-state index in [1.54, 1.807) is 20.8 Å². The molecule has 0 spiro atoms. The minimum atomic E-state index is -4.46. The van der Waals surface area contributed by atoms with E-state index in [-0.39, 0.29) is 23.8 Å². The molecule has 0 amide bonds. The molecule has 6 unspecified atom stereocenters. The van der Waals surface area contributed by atoms with Crippen molar-refractivity contribution in [3.8, 4) is 0 Å². The van der Waals surface area contributed by atoms with Crippen LogP contribution >= 0.6 is 0 Å². The molecule has 2 aliphatic carbocycles. The Morgan fingerprint density at radius 3 is 2.06 bits per heavy atom. The second kappa shape index (κ2) is 10.3. The van der Waals surface area contributed by atoms with Gasteiger partial charge in [-0.15, -0.1) is 0 Å². The second-order valence-corrected chi connectivity index (χ2v) is 11.1. The number of esters is 3. The van der Waals surface area contributed by atoms with Gasteiger partial charge in [-0.1, -0.05) is 13.8 Å². The summed E-state index contributed by atoms with van der Waals surface area (Å²) >= 11 is 0. The Hall–Kier alpha value is -1.84. The van der Waals surface area contributed by atoms with Gasteiger partial charge in [0.15, 0.2) is 6.10 Å². The summed E-state index contributed by atoms with van der Waals surface area (Å²) in [6.45, 7) is 13.0. The maximum Gasteiger partial charge on any atom is 0.414 e. The lowest BCUT2D eigenvalue weighted by molar-refractivity contribution is -0.260. The molecule has 6 atom stereocenters. The summed E-state index contributed by atoms with van der Waals surface area (Å²) in [6.07, 6.45) is -3.80. The molecule has 0 aromatic heterocycles. The van der Waals surface area contributed by atoms with Crippen molar-refractivity contribution in [2.45, 2.75) is 112 Å². The molecule has 0 aromatic rings. The van der Waals surface area contributed by atoms with E-state index in [9.17, 15) is 27.6 Å². The number of hydrogen-bond acceptors (Lipinski definition) is 7. The Kier molecular flexibility index (Phi) is 8.62. The highest BCUT2D eigenvalue weighted by atomic mass is 19.4. The Bertz CT molecular complexity index is 807. The molecule has 3 rings (SSSR count). The summed E-state index contributed by atoms with van der Waals surface area (Å²) in [5.74, 6) is -1.33. The highest BCUT2D eigenvalue weighted by Crippen LogP contribution is 2.61. The van der Waals surface area contributed by atoms with Crippen LogP contribution in [0.5, 0.6) is 0 Å². The molecule has 0 N–H and O–H groups in total. The molecule has 1 saturated heterocycles. The number of alkyl halides is 3. The van der Waals surface area contributed by atoms with Crippen molar-refractivity contribution in [3.63, 3.8) is 0 Å². The molecule has 2 bridgehead atoms. The fraction of sp³-hybridized carbons (Fsp3) is 0.880. The lowest BCUT2D eigenvalue weighted by Crippen LogP contribution is -2.42. The van der Waals surface area contributed by atoms with Gasteiger partial charge in [0.05, 0.1) is 22.7 Å². The van der Waals surface area contributed by atoms with Gasteiger partial charge in [-0.05, 0) is 73.1 Å². The predicted molar refractivity (Wildman–Crippen MR) is 120 cm³/mol. The van der Waals surface area contributed by atoms with Crippen molar-refractivity contribution in [1.82, 2.24) is 0 Å². The van der Waals surface area contributed by atoms with Crippen LogP contribution in [0.4, 0.5) is 13.2 Å². The largest absolute Gasteiger partial charge is 0.436 e. The van der Waals surface area contributed by atoms with Crippen LogP contribution < -0.4 is 0 Å². The highest BCUT2D eigenvalue weighted by Gasteiger charge is 2.68. The maximum atomic E-state index is 12.2. The van der Waals surface area contributed by atoms with Crippen molar-refractivity contribution in [2.24, 2.45) is 28.6 Å². The lowest BCUT2D eigenvalue weighted by atomic mass is 9.86. The number of fused-ring (bicyclic) bond motifs is 1. The van der Waals surface area contributed by atoms with Gasteiger partial charge in [0.25, 0.3) is 5.79 Å². The van der Waals surface area contributed by atoms with Crippen LogP contribution in [0.3, 0.4) is 0 Å². The van der Waals surface area contributed by atoms with E-state index in [2.05, 4.69) is 4.74 Å². The van der Waals surface area contributed by atoms with Crippen LogP contribution in [-0.4, -0.2) is 42.3 Å². The van der Waals surface area contributed by atoms with Gasteiger partial charge < -0.3 is 18.9 Å². The van der Waals surface area contributed by atoms with Crippen LogP contribution in [0.25, 0.3) is 0 Å². The van der Waals surface area contributed by atoms with Gasteiger partial charge in [-0.2, -0.15) is 13.2 Å². The zero-order chi connectivity index (χ0) is 27.0. The second-order valence-electron chi connectivity index (χ2n) is 11.1. The van der Waals surface area contributed by atoms with E-state index in [0.717, 1.165) is 19.8 Å². The van der Waals surface area contributed by atoms with Gasteiger partial charge in [0.1, 0.15) is 0 Å². The predicted octanol–water partition coefficient (Wildman–Crippen LogP) is 5.54. The Balaban J connectivity index is 0.000000248. The maximum absolute atomic E-state index is 12.2. The average molecular weight is 509 g/mol. The summed E-state index contributed by atoms with van der Waals surface area (Å²) in [5.41, 5.74) is -1.24. The monoisotopic (exact) mass is 508 g/mol. The third kappa shape index (κ3) is 6.49. The molecule has 7 nitrogen and oxygen atoms in total. The molecular weight excluding hydrogens is 469 g/mol. The molecule has 1 heterocycles. The zero-order valence-electron chi connectivity index (χ0n) is 21.9. The highest BCUT2D eigenvalue weighted by molar-refractivity contribution is 5.80. The number of rotatable bonds is 8. The third-order valence-corrected chi connectivity index (χ3v) is 7.64. The van der Waals surface area contributed by atoms with Crippen molar-refractivity contribution < 1.29 is 46.5 Å². The SMILES string of the molecule is CCC(C)(C)C(=O)OC(C)OC(C)C(F)(F)F.CCC(C)(C)C(=O)OC12CC3CC(C(=O)O1)C2C3. The van der Waals surface area contributed by atoms with E-state index in [0.29, 0.717) is 25.2 Å². The minimum Gasteiger partial charge on any atom is -0.436 e. The summed E-state index contributed by atoms with van der Waals surface area (Å²) in [4.78, 5) is 35.5. The molecule has 2 saturated carbocycles.